The highest BCUT2D eigenvalue weighted by Crippen LogP contribution is 2.63. The molecular formula is C54H31N3S2. The van der Waals surface area contributed by atoms with Gasteiger partial charge in [0.05, 0.1) is 32.5 Å². The van der Waals surface area contributed by atoms with Gasteiger partial charge in [-0.05, 0) is 75.2 Å². The van der Waals surface area contributed by atoms with Crippen molar-refractivity contribution < 1.29 is 0 Å². The Morgan fingerprint density at radius 3 is 1.83 bits per heavy atom. The standard InChI is InChI=1S/C54H31N3S2/c1-3-15-32(16-4-1)49-40-30-39-35-19-7-9-21-41(35)54(42-22-10-13-25-47(42)58-48-26-14-11-23-43(48)54)44(39)31-38(40)36-28-27-34(29-45(36)55-49)50-52-51(37-20-8-12-24-46(37)59-52)57-53(56-50)33-17-5-2-6-18-33/h1-31H. The average molecular weight is 786 g/mol. The van der Waals surface area contributed by atoms with E-state index in [-0.39, 0.29) is 0 Å². The molecule has 1 aliphatic heterocycles. The minimum absolute atomic E-state index is 0.470. The van der Waals surface area contributed by atoms with Crippen molar-refractivity contribution in [3.63, 3.8) is 0 Å². The summed E-state index contributed by atoms with van der Waals surface area (Å²) in [6.45, 7) is 0. The number of rotatable bonds is 3. The van der Waals surface area contributed by atoms with E-state index in [1.54, 1.807) is 11.3 Å². The second-order valence-corrected chi connectivity index (χ2v) is 17.6. The van der Waals surface area contributed by atoms with Crippen molar-refractivity contribution in [2.45, 2.75) is 15.2 Å². The van der Waals surface area contributed by atoms with Gasteiger partial charge in [0.1, 0.15) is 0 Å². The quantitative estimate of drug-likeness (QED) is 0.167. The van der Waals surface area contributed by atoms with Crippen LogP contribution in [0.15, 0.2) is 198 Å². The molecule has 5 heteroatoms. The SMILES string of the molecule is c1ccc(-c2nc(-c3ccc4c(c3)nc(-c3ccccc3)c3cc5c(cc34)C3(c4ccccc4Sc4ccccc43)c3ccccc3-5)c3sc4ccccc4c3n2)cc1. The molecule has 4 heterocycles. The molecule has 0 fully saturated rings. The Morgan fingerprint density at radius 1 is 0.390 bits per heavy atom. The molecule has 0 N–H and O–H groups in total. The van der Waals surface area contributed by atoms with E-state index in [9.17, 15) is 0 Å². The van der Waals surface area contributed by atoms with E-state index in [0.717, 1.165) is 65.8 Å². The van der Waals surface area contributed by atoms with Gasteiger partial charge < -0.3 is 0 Å². The molecule has 274 valence electrons. The van der Waals surface area contributed by atoms with E-state index in [4.69, 9.17) is 15.0 Å². The van der Waals surface area contributed by atoms with Crippen molar-refractivity contribution in [1.82, 2.24) is 15.0 Å². The van der Waals surface area contributed by atoms with Crippen LogP contribution in [0.25, 0.3) is 87.0 Å². The molecule has 2 aliphatic rings. The lowest BCUT2D eigenvalue weighted by atomic mass is 9.67. The zero-order valence-electron chi connectivity index (χ0n) is 31.6. The Hall–Kier alpha value is -6.92. The van der Waals surface area contributed by atoms with Crippen LogP contribution in [-0.4, -0.2) is 15.0 Å². The highest BCUT2D eigenvalue weighted by Gasteiger charge is 2.50. The Labute approximate surface area is 348 Å². The van der Waals surface area contributed by atoms with Crippen LogP contribution in [0.4, 0.5) is 0 Å². The highest BCUT2D eigenvalue weighted by atomic mass is 32.2. The fraction of sp³-hybridized carbons (Fsp3) is 0.0185. The first-order chi connectivity index (χ1) is 29.2. The van der Waals surface area contributed by atoms with Crippen LogP contribution in [-0.2, 0) is 5.41 Å². The van der Waals surface area contributed by atoms with Crippen LogP contribution >= 0.6 is 23.1 Å². The monoisotopic (exact) mass is 785 g/mol. The molecular weight excluding hydrogens is 755 g/mol. The maximum absolute atomic E-state index is 5.58. The molecule has 0 saturated carbocycles. The van der Waals surface area contributed by atoms with E-state index < -0.39 is 5.41 Å². The third kappa shape index (κ3) is 4.68. The topological polar surface area (TPSA) is 38.7 Å². The smallest absolute Gasteiger partial charge is 0.160 e. The second kappa shape index (κ2) is 12.5. The van der Waals surface area contributed by atoms with Crippen LogP contribution in [0.2, 0.25) is 0 Å². The number of fused-ring (bicyclic) bond motifs is 15. The maximum Gasteiger partial charge on any atom is 0.160 e. The number of hydrogen-bond acceptors (Lipinski definition) is 5. The molecule has 1 aliphatic carbocycles. The molecule has 3 nitrogen and oxygen atoms in total. The number of benzene rings is 8. The summed E-state index contributed by atoms with van der Waals surface area (Å²) in [5, 5.41) is 4.61. The van der Waals surface area contributed by atoms with Gasteiger partial charge in [0.15, 0.2) is 5.82 Å². The predicted molar refractivity (Wildman–Crippen MR) is 245 cm³/mol. The number of aromatic nitrogens is 3. The lowest BCUT2D eigenvalue weighted by Gasteiger charge is -2.39. The molecule has 0 unspecified atom stereocenters. The van der Waals surface area contributed by atoms with Crippen LogP contribution in [0.3, 0.4) is 0 Å². The molecule has 0 radical (unpaired) electrons. The lowest BCUT2D eigenvalue weighted by molar-refractivity contribution is 0.723. The van der Waals surface area contributed by atoms with Crippen molar-refractivity contribution in [3.05, 3.63) is 210 Å². The molecule has 59 heavy (non-hydrogen) atoms. The van der Waals surface area contributed by atoms with E-state index in [1.165, 1.54) is 53.3 Å². The Kier molecular flexibility index (Phi) is 7.03. The zero-order chi connectivity index (χ0) is 38.7. The summed E-state index contributed by atoms with van der Waals surface area (Å²) in [6.07, 6.45) is 0. The van der Waals surface area contributed by atoms with Crippen LogP contribution in [0, 0.1) is 0 Å². The minimum atomic E-state index is -0.470. The van der Waals surface area contributed by atoms with Gasteiger partial charge in [-0.2, -0.15) is 0 Å². The first kappa shape index (κ1) is 33.1. The average Bonchev–Trinajstić information content (AvgIpc) is 3.82. The molecule has 0 atom stereocenters. The van der Waals surface area contributed by atoms with Crippen LogP contribution in [0.5, 0.6) is 0 Å². The van der Waals surface area contributed by atoms with Crippen molar-refractivity contribution in [3.8, 4) is 45.0 Å². The van der Waals surface area contributed by atoms with E-state index in [2.05, 4.69) is 170 Å². The molecule has 13 rings (SSSR count). The van der Waals surface area contributed by atoms with Gasteiger partial charge in [-0.25, -0.2) is 15.0 Å². The van der Waals surface area contributed by atoms with E-state index >= 15 is 0 Å². The Morgan fingerprint density at radius 2 is 1.05 bits per heavy atom. The third-order valence-corrected chi connectivity index (χ3v) is 14.7. The third-order valence-electron chi connectivity index (χ3n) is 12.3. The second-order valence-electron chi connectivity index (χ2n) is 15.4. The lowest BCUT2D eigenvalue weighted by Crippen LogP contribution is -2.31. The molecule has 1 spiro atoms. The van der Waals surface area contributed by atoms with Crippen LogP contribution < -0.4 is 0 Å². The van der Waals surface area contributed by atoms with E-state index in [1.807, 2.05) is 30.0 Å². The summed E-state index contributed by atoms with van der Waals surface area (Å²) in [5.41, 5.74) is 14.3. The van der Waals surface area contributed by atoms with Crippen molar-refractivity contribution in [2.24, 2.45) is 0 Å². The van der Waals surface area contributed by atoms with Crippen LogP contribution in [0.1, 0.15) is 22.3 Å². The summed E-state index contributed by atoms with van der Waals surface area (Å²) < 4.78 is 2.28. The fourth-order valence-corrected chi connectivity index (χ4v) is 12.2. The molecule has 8 aromatic carbocycles. The summed E-state index contributed by atoms with van der Waals surface area (Å²) in [5.74, 6) is 0.722. The largest absolute Gasteiger partial charge is 0.247 e. The van der Waals surface area contributed by atoms with Crippen molar-refractivity contribution in [1.29, 1.82) is 0 Å². The first-order valence-electron chi connectivity index (χ1n) is 19.9. The summed E-state index contributed by atoms with van der Waals surface area (Å²) in [6, 6.07) is 68.3. The fourth-order valence-electron chi connectivity index (χ4n) is 9.82. The summed E-state index contributed by atoms with van der Waals surface area (Å²) in [7, 11) is 0. The first-order valence-corrected chi connectivity index (χ1v) is 21.6. The normalized spacial score (nSPS) is 13.5. The van der Waals surface area contributed by atoms with Gasteiger partial charge in [0.2, 0.25) is 0 Å². The van der Waals surface area contributed by atoms with Gasteiger partial charge in [-0.15, -0.1) is 11.3 Å². The zero-order valence-corrected chi connectivity index (χ0v) is 33.2. The van der Waals surface area contributed by atoms with Gasteiger partial charge in [-0.3, -0.25) is 0 Å². The molecule has 3 aromatic heterocycles. The number of thiophene rings is 1. The van der Waals surface area contributed by atoms with Gasteiger partial charge >= 0.3 is 0 Å². The number of hydrogen-bond donors (Lipinski definition) is 0. The molecule has 0 amide bonds. The molecule has 0 bridgehead atoms. The Bertz CT molecular complexity index is 3490. The van der Waals surface area contributed by atoms with Crippen molar-refractivity contribution in [2.75, 3.05) is 0 Å². The maximum atomic E-state index is 5.58. The van der Waals surface area contributed by atoms with Gasteiger partial charge in [0.25, 0.3) is 0 Å². The number of nitrogens with zero attached hydrogens (tertiary/aromatic N) is 3. The minimum Gasteiger partial charge on any atom is -0.247 e. The highest BCUT2D eigenvalue weighted by molar-refractivity contribution is 7.99. The summed E-state index contributed by atoms with van der Waals surface area (Å²) in [4.78, 5) is 18.7. The molecule has 0 saturated heterocycles. The van der Waals surface area contributed by atoms with Gasteiger partial charge in [-0.1, -0.05) is 163 Å². The molecule has 11 aromatic rings. The number of pyridine rings is 1. The Balaban J connectivity index is 1.13. The predicted octanol–water partition coefficient (Wildman–Crippen LogP) is 14.4. The van der Waals surface area contributed by atoms with E-state index in [0.29, 0.717) is 0 Å². The van der Waals surface area contributed by atoms with Crippen molar-refractivity contribution >= 4 is 65.1 Å². The summed E-state index contributed by atoms with van der Waals surface area (Å²) >= 11 is 3.64. The van der Waals surface area contributed by atoms with Gasteiger partial charge in [0, 0.05) is 47.3 Å².